The van der Waals surface area contributed by atoms with Crippen LogP contribution in [0.2, 0.25) is 0 Å². The van der Waals surface area contributed by atoms with Crippen LogP contribution in [-0.2, 0) is 14.1 Å². The van der Waals surface area contributed by atoms with Crippen LogP contribution in [0.3, 0.4) is 0 Å². The fourth-order valence-corrected chi connectivity index (χ4v) is 1.37. The van der Waals surface area contributed by atoms with E-state index in [1.807, 2.05) is 0 Å². The van der Waals surface area contributed by atoms with E-state index >= 15 is 0 Å². The minimum Gasteiger partial charge on any atom is -0.544 e. The summed E-state index contributed by atoms with van der Waals surface area (Å²) in [5.41, 5.74) is 0.751. The van der Waals surface area contributed by atoms with E-state index in [1.54, 1.807) is 26.0 Å². The maximum atomic E-state index is 10.8. The lowest BCUT2D eigenvalue weighted by atomic mass is 9.65. The second kappa shape index (κ2) is 4.38. The Morgan fingerprint density at radius 2 is 2.28 bits per heavy atom. The molecule has 2 saturated heterocycles. The van der Waals surface area contributed by atoms with E-state index in [0.717, 1.165) is 5.56 Å². The zero-order valence-corrected chi connectivity index (χ0v) is 9.61. The first-order chi connectivity index (χ1) is 8.72. The fraction of sp³-hybridized carbons (Fsp3) is 0.200. The second-order valence-electron chi connectivity index (χ2n) is 3.99. The first kappa shape index (κ1) is 11.2. The Labute approximate surface area is 105 Å². The van der Waals surface area contributed by atoms with Crippen molar-refractivity contribution in [1.29, 1.82) is 0 Å². The molecule has 2 fully saturated rings. The number of aliphatic imine (C=N–C) groups is 1. The van der Waals surface area contributed by atoms with Crippen molar-refractivity contribution < 1.29 is 14.1 Å². The molecule has 87 valence electrons. The quantitative estimate of drug-likeness (QED) is 0.426. The summed E-state index contributed by atoms with van der Waals surface area (Å²) in [5, 5.41) is 0. The zero-order chi connectivity index (χ0) is 12.5. The summed E-state index contributed by atoms with van der Waals surface area (Å²) >= 11 is 0. The summed E-state index contributed by atoms with van der Waals surface area (Å²) in [7, 11) is 1.70. The second-order valence-corrected chi connectivity index (χ2v) is 3.99. The molecule has 3 heterocycles. The zero-order valence-electron chi connectivity index (χ0n) is 9.61. The molecule has 0 bridgehead atoms. The predicted molar refractivity (Wildman–Crippen MR) is 66.3 cm³/mol. The molecule has 3 rings (SSSR count). The fourth-order valence-electron chi connectivity index (χ4n) is 1.37. The molecular formula is C10H8B2N3O3. The molecule has 0 amide bonds. The van der Waals surface area contributed by atoms with Gasteiger partial charge in [0.05, 0.1) is 5.90 Å². The summed E-state index contributed by atoms with van der Waals surface area (Å²) in [5.74, 6) is 0.963. The van der Waals surface area contributed by atoms with Crippen LogP contribution in [0.1, 0.15) is 12.5 Å². The van der Waals surface area contributed by atoms with Crippen molar-refractivity contribution in [2.45, 2.75) is 12.8 Å². The first-order valence-corrected chi connectivity index (χ1v) is 5.47. The van der Waals surface area contributed by atoms with Gasteiger partial charge >= 0.3 is 14.4 Å². The summed E-state index contributed by atoms with van der Waals surface area (Å²) in [6.07, 6.45) is 6.32. The van der Waals surface area contributed by atoms with Crippen LogP contribution >= 0.6 is 0 Å². The van der Waals surface area contributed by atoms with Crippen molar-refractivity contribution in [3.05, 3.63) is 24.0 Å². The number of carbonyl (C=O) groups excluding carboxylic acids is 1. The van der Waals surface area contributed by atoms with Crippen LogP contribution < -0.4 is 0 Å². The minimum atomic E-state index is -0.0640. The number of carbonyl (C=O) groups is 1. The monoisotopic (exact) mass is 240 g/mol. The van der Waals surface area contributed by atoms with Gasteiger partial charge in [-0.25, -0.2) is 9.97 Å². The molecule has 1 radical (unpaired) electrons. The van der Waals surface area contributed by atoms with Gasteiger partial charge in [0.1, 0.15) is 0 Å². The molecule has 8 heteroatoms. The standard InChI is InChI=1S/C10H8B2N3O3/c1-6(16)2-3-7-4-13-10(14-5-7)15-9-12(18-9)8-11-17-8/h2-5,8H,1H3/b3-2+,15-9?. The molecule has 1 unspecified atom stereocenters. The van der Waals surface area contributed by atoms with Crippen molar-refractivity contribution in [3.8, 4) is 0 Å². The highest BCUT2D eigenvalue weighted by atomic mass is 16.6. The molecule has 6 nitrogen and oxygen atoms in total. The first-order valence-electron chi connectivity index (χ1n) is 5.47. The molecular weight excluding hydrogens is 232 g/mol. The lowest BCUT2D eigenvalue weighted by Crippen LogP contribution is -2.04. The molecule has 0 N–H and O–H groups in total. The molecule has 1 aromatic rings. The van der Waals surface area contributed by atoms with E-state index in [0.29, 0.717) is 11.7 Å². The Kier molecular flexibility index (Phi) is 2.71. The van der Waals surface area contributed by atoms with Gasteiger partial charge < -0.3 is 9.31 Å². The van der Waals surface area contributed by atoms with Crippen LogP contribution in [0.4, 0.5) is 5.95 Å². The van der Waals surface area contributed by atoms with Gasteiger partial charge in [-0.2, -0.15) is 4.99 Å². The maximum absolute atomic E-state index is 10.8. The van der Waals surface area contributed by atoms with Gasteiger partial charge in [0, 0.05) is 18.0 Å². The summed E-state index contributed by atoms with van der Waals surface area (Å²) in [6, 6.07) is 0. The SMILES string of the molecule is CC(=O)/C=C/c1cnc(N=C2OB2C2[B]O2)nc1. The summed E-state index contributed by atoms with van der Waals surface area (Å²) < 4.78 is 10.2. The van der Waals surface area contributed by atoms with Crippen LogP contribution in [-0.4, -0.2) is 41.8 Å². The van der Waals surface area contributed by atoms with Gasteiger partial charge in [-0.15, -0.1) is 0 Å². The number of hydrogen-bond donors (Lipinski definition) is 0. The third-order valence-corrected chi connectivity index (χ3v) is 2.40. The predicted octanol–water partition coefficient (Wildman–Crippen LogP) is 0.184. The molecule has 0 saturated carbocycles. The Hall–Kier alpha value is -1.95. The molecule has 2 aliphatic rings. The number of hydrogen-bond acceptors (Lipinski definition) is 6. The topological polar surface area (TPSA) is 80.3 Å². The molecule has 2 aliphatic heterocycles. The van der Waals surface area contributed by atoms with Crippen molar-refractivity contribution >= 4 is 38.0 Å². The highest BCUT2D eigenvalue weighted by Crippen LogP contribution is 2.24. The Morgan fingerprint density at radius 1 is 1.56 bits per heavy atom. The van der Waals surface area contributed by atoms with Crippen LogP contribution in [0.15, 0.2) is 23.5 Å². The van der Waals surface area contributed by atoms with Gasteiger partial charge in [0.2, 0.25) is 0 Å². The van der Waals surface area contributed by atoms with Gasteiger partial charge in [-0.05, 0) is 19.1 Å². The summed E-state index contributed by atoms with van der Waals surface area (Å²) in [4.78, 5) is 23.0. The lowest BCUT2D eigenvalue weighted by molar-refractivity contribution is -0.112. The average molecular weight is 240 g/mol. The van der Waals surface area contributed by atoms with Gasteiger partial charge in [0.15, 0.2) is 11.6 Å². The Balaban J connectivity index is 1.66. The average Bonchev–Trinajstić information content (AvgIpc) is 3.21. The van der Waals surface area contributed by atoms with Crippen molar-refractivity contribution in [1.82, 2.24) is 9.97 Å². The molecule has 0 aliphatic carbocycles. The highest BCUT2D eigenvalue weighted by molar-refractivity contribution is 7.04. The summed E-state index contributed by atoms with van der Waals surface area (Å²) in [6.45, 7) is 1.42. The Morgan fingerprint density at radius 3 is 2.89 bits per heavy atom. The number of ketones is 1. The van der Waals surface area contributed by atoms with Crippen molar-refractivity contribution in [2.24, 2.45) is 4.99 Å². The smallest absolute Gasteiger partial charge is 0.474 e. The van der Waals surface area contributed by atoms with Crippen LogP contribution in [0.25, 0.3) is 6.08 Å². The van der Waals surface area contributed by atoms with Crippen molar-refractivity contribution in [2.75, 3.05) is 0 Å². The van der Waals surface area contributed by atoms with Crippen LogP contribution in [0.5, 0.6) is 0 Å². The van der Waals surface area contributed by atoms with E-state index in [2.05, 4.69) is 15.0 Å². The van der Waals surface area contributed by atoms with Gasteiger partial charge in [-0.1, -0.05) is 0 Å². The number of rotatable bonds is 4. The van der Waals surface area contributed by atoms with Crippen LogP contribution in [0, 0.1) is 0 Å². The third-order valence-electron chi connectivity index (χ3n) is 2.40. The Bertz CT molecular complexity index is 540. The van der Waals surface area contributed by atoms with Crippen molar-refractivity contribution in [3.63, 3.8) is 0 Å². The molecule has 1 aromatic heterocycles. The largest absolute Gasteiger partial charge is 0.544 e. The minimum absolute atomic E-state index is 0.0192. The molecule has 1 atom stereocenters. The van der Waals surface area contributed by atoms with E-state index < -0.39 is 0 Å². The molecule has 0 aromatic carbocycles. The number of nitrogens with zero attached hydrogens (tertiary/aromatic N) is 3. The van der Waals surface area contributed by atoms with E-state index in [9.17, 15) is 4.79 Å². The van der Waals surface area contributed by atoms with Gasteiger partial charge in [-0.3, -0.25) is 4.79 Å². The highest BCUT2D eigenvalue weighted by Gasteiger charge is 2.57. The van der Waals surface area contributed by atoms with E-state index in [1.165, 1.54) is 13.0 Å². The number of allylic oxidation sites excluding steroid dienone is 1. The maximum Gasteiger partial charge on any atom is 0.474 e. The lowest BCUT2D eigenvalue weighted by Gasteiger charge is -1.92. The van der Waals surface area contributed by atoms with E-state index in [4.69, 9.17) is 9.31 Å². The third kappa shape index (κ3) is 2.65. The van der Waals surface area contributed by atoms with E-state index in [-0.39, 0.29) is 18.6 Å². The molecule has 18 heavy (non-hydrogen) atoms. The number of aromatic nitrogens is 2. The van der Waals surface area contributed by atoms with Gasteiger partial charge in [0.25, 0.3) is 5.95 Å². The molecule has 0 spiro atoms. The normalized spacial score (nSPS) is 22.8.